The molecular formula is C10H9NO2S2. The zero-order chi connectivity index (χ0) is 10.8. The second-order valence-electron chi connectivity index (χ2n) is 3.01. The highest BCUT2D eigenvalue weighted by Crippen LogP contribution is 2.26. The fourth-order valence-corrected chi connectivity index (χ4v) is 2.66. The van der Waals surface area contributed by atoms with Crippen LogP contribution in [0.3, 0.4) is 0 Å². The number of hydrogen-bond donors (Lipinski definition) is 1. The van der Waals surface area contributed by atoms with Crippen LogP contribution < -0.4 is 0 Å². The second kappa shape index (κ2) is 4.20. The van der Waals surface area contributed by atoms with Gasteiger partial charge in [0.25, 0.3) is 0 Å². The molecule has 1 aromatic heterocycles. The summed E-state index contributed by atoms with van der Waals surface area (Å²) in [6, 6.07) is 6.00. The Hall–Kier alpha value is -1.07. The van der Waals surface area contributed by atoms with Gasteiger partial charge in [-0.15, -0.1) is 23.1 Å². The fourth-order valence-electron chi connectivity index (χ4n) is 1.29. The standard InChI is InChI=1S/C10H9NO2S2/c1-14-6-2-3-8-7(4-6)11-9(15-8)5-10(12)13/h2-4H,5H2,1H3,(H,12,13). The van der Waals surface area contributed by atoms with E-state index < -0.39 is 5.97 Å². The quantitative estimate of drug-likeness (QED) is 0.837. The molecule has 3 nitrogen and oxygen atoms in total. The normalized spacial score (nSPS) is 10.7. The molecule has 0 amide bonds. The van der Waals surface area contributed by atoms with E-state index in [1.165, 1.54) is 11.3 Å². The van der Waals surface area contributed by atoms with Gasteiger partial charge in [0.1, 0.15) is 5.01 Å². The number of benzene rings is 1. The minimum absolute atomic E-state index is 0.00788. The van der Waals surface area contributed by atoms with Gasteiger partial charge in [-0.05, 0) is 24.5 Å². The summed E-state index contributed by atoms with van der Waals surface area (Å²) in [5.41, 5.74) is 0.892. The third-order valence-corrected chi connectivity index (χ3v) is 3.70. The van der Waals surface area contributed by atoms with E-state index in [-0.39, 0.29) is 6.42 Å². The second-order valence-corrected chi connectivity index (χ2v) is 5.01. The first-order valence-electron chi connectivity index (χ1n) is 4.34. The van der Waals surface area contributed by atoms with Gasteiger partial charge < -0.3 is 5.11 Å². The zero-order valence-corrected chi connectivity index (χ0v) is 9.69. The molecule has 0 saturated carbocycles. The Kier molecular flexibility index (Phi) is 2.93. The maximum absolute atomic E-state index is 10.5. The lowest BCUT2D eigenvalue weighted by molar-refractivity contribution is -0.136. The third kappa shape index (κ3) is 2.30. The SMILES string of the molecule is CSc1ccc2sc(CC(=O)O)nc2c1. The molecule has 2 rings (SSSR count). The number of thiazole rings is 1. The third-order valence-electron chi connectivity index (χ3n) is 1.94. The summed E-state index contributed by atoms with van der Waals surface area (Å²) in [4.78, 5) is 16.0. The molecule has 78 valence electrons. The van der Waals surface area contributed by atoms with Gasteiger partial charge in [-0.3, -0.25) is 4.79 Å². The summed E-state index contributed by atoms with van der Waals surface area (Å²) in [7, 11) is 0. The van der Waals surface area contributed by atoms with Crippen molar-refractivity contribution in [1.29, 1.82) is 0 Å². The molecule has 0 saturated heterocycles. The number of aliphatic carboxylic acids is 1. The first kappa shape index (κ1) is 10.4. The van der Waals surface area contributed by atoms with Crippen LogP contribution in [0.2, 0.25) is 0 Å². The Bertz CT molecular complexity index is 507. The molecule has 15 heavy (non-hydrogen) atoms. The average Bonchev–Trinajstić information content (AvgIpc) is 2.57. The van der Waals surface area contributed by atoms with E-state index in [0.29, 0.717) is 5.01 Å². The molecule has 0 aliphatic rings. The molecule has 0 aliphatic carbocycles. The highest BCUT2D eigenvalue weighted by molar-refractivity contribution is 7.98. The molecular weight excluding hydrogens is 230 g/mol. The van der Waals surface area contributed by atoms with E-state index in [4.69, 9.17) is 5.11 Å². The van der Waals surface area contributed by atoms with Crippen LogP contribution in [0.1, 0.15) is 5.01 Å². The molecule has 0 spiro atoms. The van der Waals surface area contributed by atoms with Crippen molar-refractivity contribution in [3.05, 3.63) is 23.2 Å². The lowest BCUT2D eigenvalue weighted by Crippen LogP contribution is -1.98. The van der Waals surface area contributed by atoms with Crippen LogP contribution in [0.25, 0.3) is 10.2 Å². The van der Waals surface area contributed by atoms with Crippen molar-refractivity contribution in [2.75, 3.05) is 6.26 Å². The van der Waals surface area contributed by atoms with Gasteiger partial charge >= 0.3 is 5.97 Å². The van der Waals surface area contributed by atoms with Crippen LogP contribution in [0.4, 0.5) is 0 Å². The van der Waals surface area contributed by atoms with Crippen LogP contribution in [-0.4, -0.2) is 22.3 Å². The van der Waals surface area contributed by atoms with E-state index in [9.17, 15) is 4.79 Å². The van der Waals surface area contributed by atoms with Crippen LogP contribution in [-0.2, 0) is 11.2 Å². The van der Waals surface area contributed by atoms with Crippen molar-refractivity contribution < 1.29 is 9.90 Å². The molecule has 0 unspecified atom stereocenters. The number of aromatic nitrogens is 1. The number of thioether (sulfide) groups is 1. The Morgan fingerprint density at radius 3 is 3.07 bits per heavy atom. The van der Waals surface area contributed by atoms with Crippen molar-refractivity contribution in [3.63, 3.8) is 0 Å². The highest BCUT2D eigenvalue weighted by Gasteiger charge is 2.07. The van der Waals surface area contributed by atoms with Crippen LogP contribution >= 0.6 is 23.1 Å². The Morgan fingerprint density at radius 1 is 1.60 bits per heavy atom. The Morgan fingerprint density at radius 2 is 2.40 bits per heavy atom. The van der Waals surface area contributed by atoms with Gasteiger partial charge in [-0.2, -0.15) is 0 Å². The summed E-state index contributed by atoms with van der Waals surface area (Å²) in [6.45, 7) is 0. The minimum atomic E-state index is -0.834. The number of carbonyl (C=O) groups is 1. The number of carboxylic acid groups (broad SMARTS) is 1. The minimum Gasteiger partial charge on any atom is -0.481 e. The van der Waals surface area contributed by atoms with E-state index in [2.05, 4.69) is 4.98 Å². The topological polar surface area (TPSA) is 50.2 Å². The van der Waals surface area contributed by atoms with Crippen molar-refractivity contribution in [2.45, 2.75) is 11.3 Å². The fraction of sp³-hybridized carbons (Fsp3) is 0.200. The lowest BCUT2D eigenvalue weighted by Gasteiger charge is -1.93. The van der Waals surface area contributed by atoms with Crippen LogP contribution in [0.5, 0.6) is 0 Å². The maximum atomic E-state index is 10.5. The molecule has 0 atom stereocenters. The molecule has 0 fully saturated rings. The molecule has 1 aromatic carbocycles. The molecule has 0 radical (unpaired) electrons. The van der Waals surface area contributed by atoms with Gasteiger partial charge in [-0.1, -0.05) is 0 Å². The zero-order valence-electron chi connectivity index (χ0n) is 8.06. The monoisotopic (exact) mass is 239 g/mol. The smallest absolute Gasteiger partial charge is 0.310 e. The number of carboxylic acids is 1. The number of rotatable bonds is 3. The first-order valence-corrected chi connectivity index (χ1v) is 6.38. The van der Waals surface area contributed by atoms with Gasteiger partial charge in [0.15, 0.2) is 0 Å². The predicted molar refractivity (Wildman–Crippen MR) is 62.7 cm³/mol. The van der Waals surface area contributed by atoms with Crippen molar-refractivity contribution in [1.82, 2.24) is 4.98 Å². The van der Waals surface area contributed by atoms with Crippen LogP contribution in [0.15, 0.2) is 23.1 Å². The Balaban J connectivity index is 2.42. The van der Waals surface area contributed by atoms with Gasteiger partial charge in [0.05, 0.1) is 16.6 Å². The molecule has 1 heterocycles. The molecule has 0 aliphatic heterocycles. The lowest BCUT2D eigenvalue weighted by atomic mass is 10.3. The van der Waals surface area contributed by atoms with Gasteiger partial charge in [-0.25, -0.2) is 4.98 Å². The molecule has 0 bridgehead atoms. The maximum Gasteiger partial charge on any atom is 0.310 e. The summed E-state index contributed by atoms with van der Waals surface area (Å²) in [5, 5.41) is 9.32. The summed E-state index contributed by atoms with van der Waals surface area (Å²) in [6.07, 6.45) is 2.01. The van der Waals surface area contributed by atoms with Gasteiger partial charge in [0, 0.05) is 4.90 Å². The van der Waals surface area contributed by atoms with E-state index in [1.807, 2.05) is 24.5 Å². The molecule has 2 aromatic rings. The summed E-state index contributed by atoms with van der Waals surface area (Å²) < 4.78 is 1.05. The summed E-state index contributed by atoms with van der Waals surface area (Å²) >= 11 is 3.10. The van der Waals surface area contributed by atoms with E-state index >= 15 is 0 Å². The molecule has 5 heteroatoms. The van der Waals surface area contributed by atoms with E-state index in [1.54, 1.807) is 11.8 Å². The average molecular weight is 239 g/mol. The first-order chi connectivity index (χ1) is 7.19. The van der Waals surface area contributed by atoms with Gasteiger partial charge in [0.2, 0.25) is 0 Å². The van der Waals surface area contributed by atoms with E-state index in [0.717, 1.165) is 15.1 Å². The summed E-state index contributed by atoms with van der Waals surface area (Å²) in [5.74, 6) is -0.834. The largest absolute Gasteiger partial charge is 0.481 e. The Labute approximate surface area is 95.1 Å². The number of nitrogens with zero attached hydrogens (tertiary/aromatic N) is 1. The van der Waals surface area contributed by atoms with Crippen LogP contribution in [0, 0.1) is 0 Å². The highest BCUT2D eigenvalue weighted by atomic mass is 32.2. The van der Waals surface area contributed by atoms with Crippen molar-refractivity contribution in [3.8, 4) is 0 Å². The molecule has 1 N–H and O–H groups in total. The van der Waals surface area contributed by atoms with Crippen molar-refractivity contribution >= 4 is 39.3 Å². The number of hydrogen-bond acceptors (Lipinski definition) is 4. The van der Waals surface area contributed by atoms with Crippen molar-refractivity contribution in [2.24, 2.45) is 0 Å². The number of fused-ring (bicyclic) bond motifs is 1. The predicted octanol–water partition coefficient (Wildman–Crippen LogP) is 2.65.